The molecule has 3 N–H and O–H groups in total. The Labute approximate surface area is 142 Å². The number of amides is 1. The molecule has 0 unspecified atom stereocenters. The summed E-state index contributed by atoms with van der Waals surface area (Å²) >= 11 is 0. The number of carbonyl (C=O) groups excluding carboxylic acids is 1. The van der Waals surface area contributed by atoms with Crippen molar-refractivity contribution in [3.05, 3.63) is 45.0 Å². The third-order valence-electron chi connectivity index (χ3n) is 4.63. The van der Waals surface area contributed by atoms with Gasteiger partial charge in [-0.2, -0.15) is 0 Å². The average molecular weight is 345 g/mol. The van der Waals surface area contributed by atoms with Gasteiger partial charge in [0.05, 0.1) is 23.2 Å². The number of benzene rings is 1. The highest BCUT2D eigenvalue weighted by Crippen LogP contribution is 2.25. The summed E-state index contributed by atoms with van der Waals surface area (Å²) in [6.45, 7) is 0.0230. The normalized spacial score (nSPS) is 19.8. The zero-order valence-electron chi connectivity index (χ0n) is 13.5. The molecule has 1 heterocycles. The van der Waals surface area contributed by atoms with Crippen molar-refractivity contribution in [3.63, 3.8) is 0 Å². The first-order valence-corrected chi connectivity index (χ1v) is 8.21. The lowest BCUT2D eigenvalue weighted by molar-refractivity contribution is -0.142. The summed E-state index contributed by atoms with van der Waals surface area (Å²) in [5.74, 6) is -1.80. The Kier molecular flexibility index (Phi) is 4.69. The van der Waals surface area contributed by atoms with E-state index >= 15 is 0 Å². The van der Waals surface area contributed by atoms with Crippen molar-refractivity contribution in [1.29, 1.82) is 0 Å². The van der Waals surface area contributed by atoms with E-state index in [0.717, 1.165) is 11.1 Å². The minimum Gasteiger partial charge on any atom is -0.481 e. The monoisotopic (exact) mass is 345 g/mol. The summed E-state index contributed by atoms with van der Waals surface area (Å²) in [5.41, 5.74) is -0.760. The van der Waals surface area contributed by atoms with Crippen LogP contribution in [0, 0.1) is 5.92 Å². The lowest BCUT2D eigenvalue weighted by Gasteiger charge is -2.17. The van der Waals surface area contributed by atoms with E-state index in [1.165, 1.54) is 0 Å². The zero-order valence-corrected chi connectivity index (χ0v) is 13.5. The van der Waals surface area contributed by atoms with Gasteiger partial charge in [0.15, 0.2) is 0 Å². The van der Waals surface area contributed by atoms with Gasteiger partial charge in [-0.3, -0.25) is 24.3 Å². The number of H-pyrrole nitrogens is 1. The molecule has 0 aliphatic heterocycles. The number of hydrogen-bond acceptors (Lipinski definition) is 4. The molecule has 1 aliphatic carbocycles. The highest BCUT2D eigenvalue weighted by Gasteiger charge is 2.33. The number of aromatic nitrogens is 2. The second kappa shape index (κ2) is 6.92. The van der Waals surface area contributed by atoms with Gasteiger partial charge in [-0.15, -0.1) is 0 Å². The van der Waals surface area contributed by atoms with E-state index in [0.29, 0.717) is 23.6 Å². The van der Waals surface area contributed by atoms with Gasteiger partial charge in [0.1, 0.15) is 0 Å². The highest BCUT2D eigenvalue weighted by atomic mass is 16.4. The zero-order chi connectivity index (χ0) is 18.0. The largest absolute Gasteiger partial charge is 0.481 e. The SMILES string of the molecule is O=C(CCn1[nH]c(=O)c2ccccc2c1=O)N[C@H]1CCC[C@H]1C(=O)O. The molecule has 1 saturated carbocycles. The fourth-order valence-electron chi connectivity index (χ4n) is 3.32. The van der Waals surface area contributed by atoms with Crippen LogP contribution in [-0.4, -0.2) is 32.8 Å². The maximum Gasteiger partial charge on any atom is 0.308 e. The fourth-order valence-corrected chi connectivity index (χ4v) is 3.32. The molecule has 8 heteroatoms. The summed E-state index contributed by atoms with van der Waals surface area (Å²) in [5, 5.41) is 14.9. The maximum absolute atomic E-state index is 12.4. The number of rotatable bonds is 5. The number of carboxylic acids is 1. The predicted molar refractivity (Wildman–Crippen MR) is 90.4 cm³/mol. The maximum atomic E-state index is 12.4. The van der Waals surface area contributed by atoms with Gasteiger partial charge in [0, 0.05) is 12.5 Å². The van der Waals surface area contributed by atoms with E-state index in [4.69, 9.17) is 5.11 Å². The van der Waals surface area contributed by atoms with Gasteiger partial charge in [-0.05, 0) is 25.0 Å². The first kappa shape index (κ1) is 16.9. The van der Waals surface area contributed by atoms with Crippen LogP contribution in [-0.2, 0) is 16.1 Å². The lowest BCUT2D eigenvalue weighted by atomic mass is 10.0. The topological polar surface area (TPSA) is 121 Å². The van der Waals surface area contributed by atoms with Gasteiger partial charge in [0.2, 0.25) is 5.91 Å². The van der Waals surface area contributed by atoms with Crippen LogP contribution in [0.1, 0.15) is 25.7 Å². The van der Waals surface area contributed by atoms with Gasteiger partial charge in [-0.25, -0.2) is 4.68 Å². The van der Waals surface area contributed by atoms with E-state index in [1.807, 2.05) is 0 Å². The number of aliphatic carboxylic acids is 1. The van der Waals surface area contributed by atoms with Gasteiger partial charge in [0.25, 0.3) is 11.1 Å². The van der Waals surface area contributed by atoms with Crippen LogP contribution in [0.3, 0.4) is 0 Å². The molecule has 1 aromatic heterocycles. The van der Waals surface area contributed by atoms with Crippen molar-refractivity contribution in [2.24, 2.45) is 5.92 Å². The number of nitrogens with one attached hydrogen (secondary N) is 2. The number of carbonyl (C=O) groups is 2. The van der Waals surface area contributed by atoms with Crippen molar-refractivity contribution in [2.45, 2.75) is 38.3 Å². The molecule has 0 spiro atoms. The Morgan fingerprint density at radius 3 is 2.64 bits per heavy atom. The molecule has 3 rings (SSSR count). The van der Waals surface area contributed by atoms with Crippen LogP contribution in [0.25, 0.3) is 10.8 Å². The van der Waals surface area contributed by atoms with Gasteiger partial charge < -0.3 is 10.4 Å². The van der Waals surface area contributed by atoms with Gasteiger partial charge in [-0.1, -0.05) is 18.6 Å². The van der Waals surface area contributed by atoms with Crippen LogP contribution in [0.4, 0.5) is 0 Å². The van der Waals surface area contributed by atoms with E-state index in [2.05, 4.69) is 10.4 Å². The van der Waals surface area contributed by atoms with Gasteiger partial charge >= 0.3 is 5.97 Å². The highest BCUT2D eigenvalue weighted by molar-refractivity contribution is 5.80. The number of fused-ring (bicyclic) bond motifs is 1. The summed E-state index contributed by atoms with van der Waals surface area (Å²) in [4.78, 5) is 47.6. The Morgan fingerprint density at radius 2 is 1.92 bits per heavy atom. The fraction of sp³-hybridized carbons (Fsp3) is 0.412. The third-order valence-corrected chi connectivity index (χ3v) is 4.63. The molecule has 1 amide bonds. The molecule has 2 atom stereocenters. The Hall–Kier alpha value is -2.90. The van der Waals surface area contributed by atoms with Crippen LogP contribution in [0.5, 0.6) is 0 Å². The van der Waals surface area contributed by atoms with Crippen molar-refractivity contribution >= 4 is 22.6 Å². The molecular formula is C17H19N3O5. The van der Waals surface area contributed by atoms with Crippen molar-refractivity contribution in [2.75, 3.05) is 0 Å². The second-order valence-corrected chi connectivity index (χ2v) is 6.24. The molecule has 25 heavy (non-hydrogen) atoms. The number of aryl methyl sites for hydroxylation is 1. The van der Waals surface area contributed by atoms with Crippen LogP contribution < -0.4 is 16.4 Å². The number of carboxylic acid groups (broad SMARTS) is 1. The molecule has 0 saturated heterocycles. The molecular weight excluding hydrogens is 326 g/mol. The molecule has 8 nitrogen and oxygen atoms in total. The summed E-state index contributed by atoms with van der Waals surface area (Å²) in [7, 11) is 0. The standard InChI is InChI=1S/C17H19N3O5/c21-14(18-13-7-3-6-12(13)17(24)25)8-9-20-16(23)11-5-2-1-4-10(11)15(22)19-20/h1-2,4-5,12-13H,3,6-9H2,(H,18,21)(H,19,22)(H,24,25)/t12-,13+/m1/s1. The van der Waals surface area contributed by atoms with E-state index < -0.39 is 17.4 Å². The van der Waals surface area contributed by atoms with Crippen molar-refractivity contribution < 1.29 is 14.7 Å². The van der Waals surface area contributed by atoms with Crippen LogP contribution in [0.15, 0.2) is 33.9 Å². The molecule has 0 bridgehead atoms. The minimum absolute atomic E-state index is 0.0168. The Balaban J connectivity index is 1.70. The van der Waals surface area contributed by atoms with E-state index in [-0.39, 0.29) is 30.5 Å². The lowest BCUT2D eigenvalue weighted by Crippen LogP contribution is -2.41. The molecule has 1 fully saturated rings. The number of hydrogen-bond donors (Lipinski definition) is 3. The average Bonchev–Trinajstić information content (AvgIpc) is 3.05. The second-order valence-electron chi connectivity index (χ2n) is 6.24. The first-order chi connectivity index (χ1) is 12.0. The van der Waals surface area contributed by atoms with Crippen LogP contribution in [0.2, 0.25) is 0 Å². The quantitative estimate of drug-likeness (QED) is 0.726. The number of aromatic amines is 1. The third kappa shape index (κ3) is 3.47. The molecule has 1 aliphatic rings. The van der Waals surface area contributed by atoms with Crippen molar-refractivity contribution in [3.8, 4) is 0 Å². The van der Waals surface area contributed by atoms with Crippen molar-refractivity contribution in [1.82, 2.24) is 15.1 Å². The molecule has 2 aromatic rings. The first-order valence-electron chi connectivity index (χ1n) is 8.21. The predicted octanol–water partition coefficient (Wildman–Crippen LogP) is 0.449. The summed E-state index contributed by atoms with van der Waals surface area (Å²) < 4.78 is 1.12. The Bertz CT molecular complexity index is 930. The van der Waals surface area contributed by atoms with Crippen LogP contribution >= 0.6 is 0 Å². The summed E-state index contributed by atoms with van der Waals surface area (Å²) in [6.07, 6.45) is 1.93. The minimum atomic E-state index is -0.905. The summed E-state index contributed by atoms with van der Waals surface area (Å²) in [6, 6.07) is 6.11. The molecule has 0 radical (unpaired) electrons. The van der Waals surface area contributed by atoms with E-state index in [1.54, 1.807) is 24.3 Å². The smallest absolute Gasteiger partial charge is 0.308 e. The molecule has 1 aromatic carbocycles. The Morgan fingerprint density at radius 1 is 1.20 bits per heavy atom. The molecule has 132 valence electrons. The van der Waals surface area contributed by atoms with E-state index in [9.17, 15) is 19.2 Å². The number of nitrogens with zero attached hydrogens (tertiary/aromatic N) is 1.